The Labute approximate surface area is 184 Å². The van der Waals surface area contributed by atoms with Gasteiger partial charge >= 0.3 is 5.63 Å². The predicted octanol–water partition coefficient (Wildman–Crippen LogP) is 3.81. The lowest BCUT2D eigenvalue weighted by Crippen LogP contribution is -2.36. The molecule has 0 atom stereocenters. The van der Waals surface area contributed by atoms with Gasteiger partial charge in [0.15, 0.2) is 6.61 Å². The van der Waals surface area contributed by atoms with Crippen LogP contribution in [-0.4, -0.2) is 25.0 Å². The molecule has 0 unspecified atom stereocenters. The largest absolute Gasteiger partial charge is 0.482 e. The van der Waals surface area contributed by atoms with Gasteiger partial charge in [0, 0.05) is 23.2 Å². The van der Waals surface area contributed by atoms with Crippen LogP contribution in [0.15, 0.2) is 39.5 Å². The van der Waals surface area contributed by atoms with Crippen molar-refractivity contribution in [1.82, 2.24) is 5.32 Å². The van der Waals surface area contributed by atoms with E-state index >= 15 is 0 Å². The van der Waals surface area contributed by atoms with Crippen LogP contribution >= 0.6 is 11.6 Å². The number of carbonyl (C=O) groups is 2. The van der Waals surface area contributed by atoms with Gasteiger partial charge in [-0.3, -0.25) is 9.59 Å². The van der Waals surface area contributed by atoms with E-state index in [1.54, 1.807) is 13.0 Å². The second kappa shape index (κ2) is 9.22. The molecule has 2 aromatic carbocycles. The summed E-state index contributed by atoms with van der Waals surface area (Å²) in [5.41, 5.74) is 4.30. The summed E-state index contributed by atoms with van der Waals surface area (Å²) in [6.45, 7) is 7.04. The van der Waals surface area contributed by atoms with Crippen LogP contribution in [0.4, 0.5) is 5.69 Å². The molecule has 0 radical (unpaired) electrons. The van der Waals surface area contributed by atoms with Gasteiger partial charge in [-0.2, -0.15) is 0 Å². The lowest BCUT2D eigenvalue weighted by atomic mass is 10.1. The fourth-order valence-electron chi connectivity index (χ4n) is 3.36. The van der Waals surface area contributed by atoms with Gasteiger partial charge in [0.1, 0.15) is 11.3 Å². The number of rotatable bonds is 6. The molecule has 0 bridgehead atoms. The maximum Gasteiger partial charge on any atom is 0.336 e. The number of hydrogen-bond acceptors (Lipinski definition) is 5. The van der Waals surface area contributed by atoms with Crippen molar-refractivity contribution in [3.63, 3.8) is 0 Å². The number of benzene rings is 2. The molecule has 0 spiro atoms. The standard InChI is InChI=1S/C23H23ClN2O5/c1-12-5-14(3)23(15(4)6-12)26-20(27)10-25-21(28)11-30-19-9-18-16(8-17(19)24)13(2)7-22(29)31-18/h5-9H,10-11H2,1-4H3,(H,25,28)(H,26,27). The van der Waals surface area contributed by atoms with Crippen molar-refractivity contribution in [3.8, 4) is 5.75 Å². The Morgan fingerprint density at radius 1 is 0.968 bits per heavy atom. The fraction of sp³-hybridized carbons (Fsp3) is 0.261. The Morgan fingerprint density at radius 2 is 1.65 bits per heavy atom. The molecule has 2 N–H and O–H groups in total. The molecule has 0 saturated carbocycles. The van der Waals surface area contributed by atoms with Crippen molar-refractivity contribution in [2.45, 2.75) is 27.7 Å². The molecule has 0 aliphatic rings. The van der Waals surface area contributed by atoms with Gasteiger partial charge in [0.25, 0.3) is 5.91 Å². The molecule has 8 heteroatoms. The molecule has 1 aromatic heterocycles. The number of carbonyl (C=O) groups excluding carboxylic acids is 2. The van der Waals surface area contributed by atoms with Crippen molar-refractivity contribution in [2.75, 3.05) is 18.5 Å². The first-order chi connectivity index (χ1) is 14.6. The van der Waals surface area contributed by atoms with Gasteiger partial charge < -0.3 is 19.8 Å². The highest BCUT2D eigenvalue weighted by Crippen LogP contribution is 2.31. The first-order valence-electron chi connectivity index (χ1n) is 9.65. The van der Waals surface area contributed by atoms with Crippen LogP contribution in [0.5, 0.6) is 5.75 Å². The molecule has 0 aliphatic heterocycles. The zero-order valence-corrected chi connectivity index (χ0v) is 18.5. The lowest BCUT2D eigenvalue weighted by Gasteiger charge is -2.13. The number of nitrogens with one attached hydrogen (secondary N) is 2. The SMILES string of the molecule is Cc1cc(C)c(NC(=O)CNC(=O)COc2cc3oc(=O)cc(C)c3cc2Cl)c(C)c1. The molecular formula is C23H23ClN2O5. The molecule has 0 fully saturated rings. The first-order valence-corrected chi connectivity index (χ1v) is 10.0. The van der Waals surface area contributed by atoms with E-state index in [-0.39, 0.29) is 29.8 Å². The molecule has 3 aromatic rings. The smallest absolute Gasteiger partial charge is 0.336 e. The molecule has 31 heavy (non-hydrogen) atoms. The van der Waals surface area contributed by atoms with Crippen LogP contribution in [0.25, 0.3) is 11.0 Å². The summed E-state index contributed by atoms with van der Waals surface area (Å²) in [6.07, 6.45) is 0. The highest BCUT2D eigenvalue weighted by molar-refractivity contribution is 6.32. The minimum Gasteiger partial charge on any atom is -0.482 e. The van der Waals surface area contributed by atoms with E-state index in [0.29, 0.717) is 11.0 Å². The van der Waals surface area contributed by atoms with Crippen LogP contribution in [-0.2, 0) is 9.59 Å². The number of amides is 2. The minimum atomic E-state index is -0.491. The topological polar surface area (TPSA) is 97.6 Å². The van der Waals surface area contributed by atoms with Gasteiger partial charge in [-0.05, 0) is 50.5 Å². The Morgan fingerprint density at radius 3 is 2.32 bits per heavy atom. The summed E-state index contributed by atoms with van der Waals surface area (Å²) in [6, 6.07) is 8.41. The van der Waals surface area contributed by atoms with E-state index in [2.05, 4.69) is 10.6 Å². The monoisotopic (exact) mass is 442 g/mol. The van der Waals surface area contributed by atoms with Crippen LogP contribution < -0.4 is 21.0 Å². The highest BCUT2D eigenvalue weighted by Gasteiger charge is 2.13. The molecule has 2 amide bonds. The summed E-state index contributed by atoms with van der Waals surface area (Å²) in [4.78, 5) is 35.9. The maximum atomic E-state index is 12.2. The lowest BCUT2D eigenvalue weighted by molar-refractivity contribution is -0.125. The van der Waals surface area contributed by atoms with Crippen LogP contribution in [0.3, 0.4) is 0 Å². The minimum absolute atomic E-state index is 0.200. The average Bonchev–Trinajstić information content (AvgIpc) is 2.68. The van der Waals surface area contributed by atoms with Crippen molar-refractivity contribution in [3.05, 3.63) is 68.0 Å². The number of anilines is 1. The third kappa shape index (κ3) is 5.44. The fourth-order valence-corrected chi connectivity index (χ4v) is 3.58. The molecular weight excluding hydrogens is 420 g/mol. The van der Waals surface area contributed by atoms with Crippen molar-refractivity contribution in [2.24, 2.45) is 0 Å². The summed E-state index contributed by atoms with van der Waals surface area (Å²) in [7, 11) is 0. The van der Waals surface area contributed by atoms with E-state index < -0.39 is 11.5 Å². The Hall–Kier alpha value is -3.32. The Balaban J connectivity index is 1.58. The normalized spacial score (nSPS) is 10.7. The molecule has 3 rings (SSSR count). The van der Waals surface area contributed by atoms with Gasteiger partial charge in [-0.25, -0.2) is 4.79 Å². The second-order valence-corrected chi connectivity index (χ2v) is 7.82. The average molecular weight is 443 g/mol. The quantitative estimate of drug-likeness (QED) is 0.565. The van der Waals surface area contributed by atoms with Gasteiger partial charge in [0.2, 0.25) is 5.91 Å². The Kier molecular flexibility index (Phi) is 6.65. The summed E-state index contributed by atoms with van der Waals surface area (Å²) >= 11 is 6.22. The molecule has 7 nitrogen and oxygen atoms in total. The van der Waals surface area contributed by atoms with Gasteiger partial charge in [-0.1, -0.05) is 29.3 Å². The molecule has 162 valence electrons. The molecule has 0 aliphatic carbocycles. The zero-order valence-electron chi connectivity index (χ0n) is 17.7. The highest BCUT2D eigenvalue weighted by atomic mass is 35.5. The number of fused-ring (bicyclic) bond motifs is 1. The maximum absolute atomic E-state index is 12.2. The van der Waals surface area contributed by atoms with E-state index in [9.17, 15) is 14.4 Å². The summed E-state index contributed by atoms with van der Waals surface area (Å²) in [5, 5.41) is 6.28. The van der Waals surface area contributed by atoms with Crippen molar-refractivity contribution < 1.29 is 18.7 Å². The van der Waals surface area contributed by atoms with Crippen LogP contribution in [0.1, 0.15) is 22.3 Å². The summed E-state index contributed by atoms with van der Waals surface area (Å²) < 4.78 is 10.6. The number of ether oxygens (including phenoxy) is 1. The third-order valence-electron chi connectivity index (χ3n) is 4.75. The number of hydrogen-bond donors (Lipinski definition) is 2. The predicted molar refractivity (Wildman–Crippen MR) is 120 cm³/mol. The first kappa shape index (κ1) is 22.4. The molecule has 1 heterocycles. The van der Waals surface area contributed by atoms with E-state index in [1.807, 2.05) is 32.9 Å². The van der Waals surface area contributed by atoms with Crippen LogP contribution in [0, 0.1) is 27.7 Å². The number of aryl methyl sites for hydroxylation is 4. The summed E-state index contributed by atoms with van der Waals surface area (Å²) in [5.74, 6) is -0.632. The molecule has 0 saturated heterocycles. The van der Waals surface area contributed by atoms with Gasteiger partial charge in [0.05, 0.1) is 11.6 Å². The van der Waals surface area contributed by atoms with Crippen molar-refractivity contribution >= 4 is 40.1 Å². The van der Waals surface area contributed by atoms with Gasteiger partial charge in [-0.15, -0.1) is 0 Å². The second-order valence-electron chi connectivity index (χ2n) is 7.41. The van der Waals surface area contributed by atoms with E-state index in [4.69, 9.17) is 20.8 Å². The van der Waals surface area contributed by atoms with Crippen molar-refractivity contribution in [1.29, 1.82) is 0 Å². The van der Waals surface area contributed by atoms with E-state index in [1.165, 1.54) is 12.1 Å². The van der Waals surface area contributed by atoms with Crippen LogP contribution in [0.2, 0.25) is 5.02 Å². The zero-order chi connectivity index (χ0) is 22.7. The third-order valence-corrected chi connectivity index (χ3v) is 5.05. The van der Waals surface area contributed by atoms with E-state index in [0.717, 1.165) is 27.9 Å². The Bertz CT molecular complexity index is 1210. The number of halogens is 1.